The van der Waals surface area contributed by atoms with Crippen LogP contribution in [0.5, 0.6) is 0 Å². The van der Waals surface area contributed by atoms with Crippen LogP contribution in [0.25, 0.3) is 0 Å². The minimum atomic E-state index is 0.250. The molecule has 0 aliphatic rings. The number of aliphatic hydroxyl groups excluding tert-OH is 2. The van der Waals surface area contributed by atoms with Crippen LogP contribution in [-0.2, 0) is 0 Å². The van der Waals surface area contributed by atoms with E-state index < -0.39 is 0 Å². The Kier molecular flexibility index (Phi) is 18.0. The van der Waals surface area contributed by atoms with Gasteiger partial charge in [0.25, 0.3) is 0 Å². The summed E-state index contributed by atoms with van der Waals surface area (Å²) in [7, 11) is 0. The molecular weight excluding hydrogens is 176 g/mol. The van der Waals surface area contributed by atoms with Gasteiger partial charge in [0.05, 0.1) is 0 Å². The topological polar surface area (TPSA) is 40.5 Å². The second-order valence-corrected chi connectivity index (χ2v) is 3.65. The number of hydrogen-bond donors (Lipinski definition) is 2. The Labute approximate surface area is 89.3 Å². The number of rotatable bonds is 7. The van der Waals surface area contributed by atoms with Crippen LogP contribution in [-0.4, -0.2) is 23.4 Å². The van der Waals surface area contributed by atoms with Gasteiger partial charge in [-0.3, -0.25) is 0 Å². The highest BCUT2D eigenvalue weighted by Crippen LogP contribution is 2.14. The van der Waals surface area contributed by atoms with Crippen molar-refractivity contribution in [3.05, 3.63) is 0 Å². The lowest BCUT2D eigenvalue weighted by Crippen LogP contribution is -2.05. The average Bonchev–Trinajstić information content (AvgIpc) is 2.18. The molecule has 0 saturated heterocycles. The quantitative estimate of drug-likeness (QED) is 0.626. The molecule has 88 valence electrons. The van der Waals surface area contributed by atoms with Gasteiger partial charge < -0.3 is 10.2 Å². The van der Waals surface area contributed by atoms with Crippen LogP contribution in [0.1, 0.15) is 59.3 Å². The third kappa shape index (κ3) is 14.4. The van der Waals surface area contributed by atoms with Crippen molar-refractivity contribution in [2.24, 2.45) is 5.92 Å². The van der Waals surface area contributed by atoms with Gasteiger partial charge in [-0.15, -0.1) is 0 Å². The Bertz CT molecular complexity index is 84.4. The van der Waals surface area contributed by atoms with Crippen molar-refractivity contribution in [2.75, 3.05) is 13.2 Å². The average molecular weight is 204 g/mol. The van der Waals surface area contributed by atoms with Crippen LogP contribution in [0.3, 0.4) is 0 Å². The van der Waals surface area contributed by atoms with E-state index >= 15 is 0 Å². The molecule has 2 N–H and O–H groups in total. The van der Waals surface area contributed by atoms with Crippen LogP contribution >= 0.6 is 0 Å². The predicted molar refractivity (Wildman–Crippen MR) is 62.4 cm³/mol. The van der Waals surface area contributed by atoms with Crippen molar-refractivity contribution in [3.63, 3.8) is 0 Å². The van der Waals surface area contributed by atoms with Crippen molar-refractivity contribution < 1.29 is 10.2 Å². The Morgan fingerprint density at radius 3 is 1.79 bits per heavy atom. The van der Waals surface area contributed by atoms with E-state index in [4.69, 9.17) is 10.2 Å². The summed E-state index contributed by atoms with van der Waals surface area (Å²) in [5, 5.41) is 16.5. The molecule has 0 radical (unpaired) electrons. The molecule has 0 amide bonds. The second kappa shape index (κ2) is 15.4. The zero-order valence-electron chi connectivity index (χ0n) is 10.1. The van der Waals surface area contributed by atoms with E-state index in [1.165, 1.54) is 38.5 Å². The van der Waals surface area contributed by atoms with Gasteiger partial charge in [0.15, 0.2) is 0 Å². The molecular formula is C12H28O2. The lowest BCUT2D eigenvalue weighted by Gasteiger charge is -2.11. The highest BCUT2D eigenvalue weighted by molar-refractivity contribution is 4.56. The summed E-state index contributed by atoms with van der Waals surface area (Å²) in [6.45, 7) is 6.72. The normalized spacial score (nSPS) is 11.8. The lowest BCUT2D eigenvalue weighted by atomic mass is 9.98. The second-order valence-electron chi connectivity index (χ2n) is 3.65. The van der Waals surface area contributed by atoms with Crippen LogP contribution in [0, 0.1) is 5.92 Å². The molecule has 0 saturated carbocycles. The molecule has 0 fully saturated rings. The molecule has 0 heterocycles. The van der Waals surface area contributed by atoms with Crippen LogP contribution in [0.2, 0.25) is 0 Å². The van der Waals surface area contributed by atoms with Crippen molar-refractivity contribution in [1.29, 1.82) is 0 Å². The van der Waals surface area contributed by atoms with E-state index in [0.29, 0.717) is 12.5 Å². The molecule has 0 aliphatic heterocycles. The maximum atomic E-state index is 8.96. The minimum Gasteiger partial charge on any atom is -0.397 e. The van der Waals surface area contributed by atoms with Crippen molar-refractivity contribution >= 4 is 0 Å². The van der Waals surface area contributed by atoms with Gasteiger partial charge in [-0.05, 0) is 25.7 Å². The monoisotopic (exact) mass is 204 g/mol. The Balaban J connectivity index is 0. The first-order valence-electron chi connectivity index (χ1n) is 5.98. The minimum absolute atomic E-state index is 0.250. The molecule has 1 atom stereocenters. The van der Waals surface area contributed by atoms with E-state index in [1.807, 2.05) is 0 Å². The van der Waals surface area contributed by atoms with E-state index in [0.717, 1.165) is 0 Å². The van der Waals surface area contributed by atoms with Gasteiger partial charge in [0.1, 0.15) is 0 Å². The van der Waals surface area contributed by atoms with Crippen molar-refractivity contribution in [2.45, 2.75) is 59.3 Å². The van der Waals surface area contributed by atoms with E-state index in [9.17, 15) is 0 Å². The van der Waals surface area contributed by atoms with Crippen molar-refractivity contribution in [1.82, 2.24) is 0 Å². The number of unbranched alkanes of at least 4 members (excludes halogenated alkanes) is 2. The first-order valence-corrected chi connectivity index (χ1v) is 5.98. The molecule has 0 aromatic rings. The number of aliphatic hydroxyl groups is 2. The van der Waals surface area contributed by atoms with Gasteiger partial charge in [0, 0.05) is 13.2 Å². The smallest absolute Gasteiger partial charge is 0.0459 e. The summed E-state index contributed by atoms with van der Waals surface area (Å²) in [4.78, 5) is 0. The van der Waals surface area contributed by atoms with E-state index in [-0.39, 0.29) is 6.61 Å². The van der Waals surface area contributed by atoms with Crippen LogP contribution in [0.4, 0.5) is 0 Å². The highest BCUT2D eigenvalue weighted by Gasteiger charge is 2.04. The molecule has 14 heavy (non-hydrogen) atoms. The zero-order valence-corrected chi connectivity index (χ0v) is 10.1. The van der Waals surface area contributed by atoms with Gasteiger partial charge in [-0.1, -0.05) is 39.5 Å². The van der Waals surface area contributed by atoms with Crippen molar-refractivity contribution in [3.8, 4) is 0 Å². The Morgan fingerprint density at radius 2 is 1.43 bits per heavy atom. The largest absolute Gasteiger partial charge is 0.397 e. The maximum Gasteiger partial charge on any atom is 0.0459 e. The highest BCUT2D eigenvalue weighted by atomic mass is 16.3. The first kappa shape index (κ1) is 16.4. The molecule has 0 aromatic heterocycles. The fourth-order valence-corrected chi connectivity index (χ4v) is 1.42. The summed E-state index contributed by atoms with van der Waals surface area (Å²) in [6.07, 6.45) is 7.52. The summed E-state index contributed by atoms with van der Waals surface area (Å²) in [5.74, 6) is 0.576. The van der Waals surface area contributed by atoms with Gasteiger partial charge in [-0.25, -0.2) is 0 Å². The fourth-order valence-electron chi connectivity index (χ4n) is 1.42. The third-order valence-corrected chi connectivity index (χ3v) is 2.17. The first-order chi connectivity index (χ1) is 6.76. The molecule has 0 bridgehead atoms. The molecule has 0 aromatic carbocycles. The summed E-state index contributed by atoms with van der Waals surface area (Å²) < 4.78 is 0. The van der Waals surface area contributed by atoms with Crippen LogP contribution < -0.4 is 0 Å². The Hall–Kier alpha value is -0.0800. The molecule has 0 spiro atoms. The van der Waals surface area contributed by atoms with Gasteiger partial charge >= 0.3 is 0 Å². The zero-order chi connectivity index (χ0) is 11.2. The molecule has 2 heteroatoms. The van der Waals surface area contributed by atoms with E-state index in [2.05, 4.69) is 13.8 Å². The number of hydrogen-bond acceptors (Lipinski definition) is 2. The summed E-state index contributed by atoms with van der Waals surface area (Å²) in [6, 6.07) is 0. The third-order valence-electron chi connectivity index (χ3n) is 2.17. The Morgan fingerprint density at radius 1 is 0.857 bits per heavy atom. The predicted octanol–water partition coefficient (Wildman–Crippen LogP) is 2.97. The maximum absolute atomic E-state index is 8.96. The summed E-state index contributed by atoms with van der Waals surface area (Å²) >= 11 is 0. The van der Waals surface area contributed by atoms with Gasteiger partial charge in [0.2, 0.25) is 0 Å². The standard InChI is InChI=1S/C10H22O.C2H6O/c1-3-5-6-8-10(9-11)7-4-2;1-2-3/h10-11H,3-9H2,1-2H3;3H,2H2,1H3. The SMILES string of the molecule is CCCCCC(CO)CCC.CCO. The van der Waals surface area contributed by atoms with Crippen LogP contribution in [0.15, 0.2) is 0 Å². The van der Waals surface area contributed by atoms with Gasteiger partial charge in [-0.2, -0.15) is 0 Å². The molecule has 0 aliphatic carbocycles. The summed E-state index contributed by atoms with van der Waals surface area (Å²) in [5.41, 5.74) is 0. The molecule has 1 unspecified atom stereocenters. The molecule has 2 nitrogen and oxygen atoms in total. The lowest BCUT2D eigenvalue weighted by molar-refractivity contribution is 0.207. The fraction of sp³-hybridized carbons (Fsp3) is 1.00. The van der Waals surface area contributed by atoms with E-state index in [1.54, 1.807) is 6.92 Å². The molecule has 0 rings (SSSR count).